The van der Waals surface area contributed by atoms with Gasteiger partial charge in [-0.15, -0.1) is 6.58 Å². The first-order valence-corrected chi connectivity index (χ1v) is 11.4. The summed E-state index contributed by atoms with van der Waals surface area (Å²) < 4.78 is 57.3. The number of benzene rings is 2. The molecule has 10 heteroatoms. The van der Waals surface area contributed by atoms with E-state index in [1.54, 1.807) is 0 Å². The molecule has 6 nitrogen and oxygen atoms in total. The molecule has 0 radical (unpaired) electrons. The van der Waals surface area contributed by atoms with Crippen LogP contribution in [0.1, 0.15) is 36.1 Å². The summed E-state index contributed by atoms with van der Waals surface area (Å²) >= 11 is 0. The average molecular weight is 517 g/mol. The molecular weight excluding hydrogens is 484 g/mol. The van der Waals surface area contributed by atoms with Gasteiger partial charge in [0.2, 0.25) is 0 Å². The molecule has 2 aromatic carbocycles. The predicted octanol–water partition coefficient (Wildman–Crippen LogP) is 1.88. The minimum atomic E-state index is -2.92. The van der Waals surface area contributed by atoms with Crippen molar-refractivity contribution >= 4 is 0 Å². The standard InChI is InChI=1S/C26H32F4O6/c1-4-16-18(27)7-14(8-19(16)28)11-25(35,6-3)24(34)26(36,23(33)22(32)13-31)12-15-9-20(29)17(5-2)21(30)10-15/h6-10,22-24,31-36H,3-5,11-13H2,1-2H3/t22-,23+,24+,25?,26+/m0/s1. The van der Waals surface area contributed by atoms with Gasteiger partial charge in [-0.1, -0.05) is 19.9 Å². The zero-order valence-corrected chi connectivity index (χ0v) is 20.1. The molecule has 2 rings (SSSR count). The first-order valence-electron chi connectivity index (χ1n) is 11.4. The number of halogens is 4. The molecule has 0 aliphatic heterocycles. The number of aliphatic hydroxyl groups excluding tert-OH is 4. The van der Waals surface area contributed by atoms with Crippen LogP contribution in [0.4, 0.5) is 17.6 Å². The van der Waals surface area contributed by atoms with Gasteiger partial charge in [-0.2, -0.15) is 0 Å². The molecule has 0 saturated heterocycles. The molecule has 5 atom stereocenters. The van der Waals surface area contributed by atoms with Gasteiger partial charge in [0.1, 0.15) is 52.8 Å². The van der Waals surface area contributed by atoms with E-state index < -0.39 is 72.2 Å². The highest BCUT2D eigenvalue weighted by molar-refractivity contribution is 5.31. The van der Waals surface area contributed by atoms with Gasteiger partial charge in [0.15, 0.2) is 0 Å². The molecule has 0 aliphatic carbocycles. The Hall–Kier alpha value is -2.34. The molecule has 0 fully saturated rings. The van der Waals surface area contributed by atoms with Crippen molar-refractivity contribution in [3.63, 3.8) is 0 Å². The van der Waals surface area contributed by atoms with Crippen LogP contribution in [0.5, 0.6) is 0 Å². The number of rotatable bonds is 12. The molecule has 6 N–H and O–H groups in total. The van der Waals surface area contributed by atoms with Gasteiger partial charge < -0.3 is 30.6 Å². The van der Waals surface area contributed by atoms with Gasteiger partial charge in [0, 0.05) is 24.0 Å². The molecule has 0 bridgehead atoms. The fraction of sp³-hybridized carbons (Fsp3) is 0.462. The van der Waals surface area contributed by atoms with E-state index in [0.29, 0.717) is 0 Å². The summed E-state index contributed by atoms with van der Waals surface area (Å²) in [6, 6.07) is 3.57. The second kappa shape index (κ2) is 11.8. The van der Waals surface area contributed by atoms with Crippen molar-refractivity contribution in [3.8, 4) is 0 Å². The van der Waals surface area contributed by atoms with E-state index >= 15 is 0 Å². The molecule has 200 valence electrons. The lowest BCUT2D eigenvalue weighted by molar-refractivity contribution is -0.218. The topological polar surface area (TPSA) is 121 Å². The summed E-state index contributed by atoms with van der Waals surface area (Å²) in [5.41, 5.74) is -6.29. The highest BCUT2D eigenvalue weighted by atomic mass is 19.1. The van der Waals surface area contributed by atoms with Gasteiger partial charge in [-0.25, -0.2) is 17.6 Å². The summed E-state index contributed by atoms with van der Waals surface area (Å²) in [6.45, 7) is 5.39. The third kappa shape index (κ3) is 5.96. The third-order valence-electron chi connectivity index (χ3n) is 6.45. The van der Waals surface area contributed by atoms with Gasteiger partial charge in [-0.3, -0.25) is 0 Å². The van der Waals surface area contributed by atoms with E-state index in [1.165, 1.54) is 13.8 Å². The molecule has 36 heavy (non-hydrogen) atoms. The predicted molar refractivity (Wildman–Crippen MR) is 124 cm³/mol. The molecule has 0 heterocycles. The monoisotopic (exact) mass is 516 g/mol. The minimum Gasteiger partial charge on any atom is -0.394 e. The fourth-order valence-electron chi connectivity index (χ4n) is 4.35. The number of hydrogen-bond acceptors (Lipinski definition) is 6. The van der Waals surface area contributed by atoms with Crippen LogP contribution < -0.4 is 0 Å². The molecular formula is C26H32F4O6. The lowest BCUT2D eigenvalue weighted by atomic mass is 9.73. The maximum Gasteiger partial charge on any atom is 0.129 e. The molecule has 2 aromatic rings. The van der Waals surface area contributed by atoms with Crippen LogP contribution in [-0.2, 0) is 25.7 Å². The maximum atomic E-state index is 14.4. The van der Waals surface area contributed by atoms with Crippen molar-refractivity contribution in [2.45, 2.75) is 69.0 Å². The summed E-state index contributed by atoms with van der Waals surface area (Å²) in [7, 11) is 0. The van der Waals surface area contributed by atoms with Crippen LogP contribution in [0.2, 0.25) is 0 Å². The van der Waals surface area contributed by atoms with Crippen LogP contribution >= 0.6 is 0 Å². The van der Waals surface area contributed by atoms with Crippen molar-refractivity contribution in [1.82, 2.24) is 0 Å². The summed E-state index contributed by atoms with van der Waals surface area (Å²) in [5.74, 6) is -3.72. The van der Waals surface area contributed by atoms with Gasteiger partial charge in [-0.05, 0) is 48.2 Å². The highest BCUT2D eigenvalue weighted by Gasteiger charge is 2.53. The Morgan fingerprint density at radius 3 is 1.53 bits per heavy atom. The average Bonchev–Trinajstić information content (AvgIpc) is 2.82. The fourth-order valence-corrected chi connectivity index (χ4v) is 4.35. The second-order valence-electron chi connectivity index (χ2n) is 8.92. The highest BCUT2D eigenvalue weighted by Crippen LogP contribution is 2.34. The van der Waals surface area contributed by atoms with Crippen LogP contribution in [0, 0.1) is 23.3 Å². The van der Waals surface area contributed by atoms with Crippen molar-refractivity contribution in [1.29, 1.82) is 0 Å². The number of hydrogen-bond donors (Lipinski definition) is 6. The zero-order valence-electron chi connectivity index (χ0n) is 20.1. The Balaban J connectivity index is 2.56. The first-order chi connectivity index (χ1) is 16.8. The van der Waals surface area contributed by atoms with Crippen molar-refractivity contribution < 1.29 is 48.2 Å². The van der Waals surface area contributed by atoms with Gasteiger partial charge in [0.25, 0.3) is 0 Å². The van der Waals surface area contributed by atoms with Crippen molar-refractivity contribution in [2.24, 2.45) is 0 Å². The van der Waals surface area contributed by atoms with E-state index in [-0.39, 0.29) is 35.1 Å². The summed E-state index contributed by atoms with van der Waals surface area (Å²) in [6.07, 6.45) is -7.54. The molecule has 0 saturated carbocycles. The Bertz CT molecular complexity index is 1030. The summed E-state index contributed by atoms with van der Waals surface area (Å²) in [4.78, 5) is 0. The van der Waals surface area contributed by atoms with Crippen molar-refractivity contribution in [2.75, 3.05) is 6.61 Å². The Kier molecular flexibility index (Phi) is 9.80. The first kappa shape index (κ1) is 29.9. The van der Waals surface area contributed by atoms with Crippen LogP contribution in [0.25, 0.3) is 0 Å². The van der Waals surface area contributed by atoms with E-state index in [9.17, 15) is 48.2 Å². The van der Waals surface area contributed by atoms with E-state index in [2.05, 4.69) is 6.58 Å². The minimum absolute atomic E-state index is 0.0246. The SMILES string of the molecule is C=CC(O)(Cc1cc(F)c(CC)c(F)c1)[C@@H](O)[C@@](O)(Cc1cc(F)c(CC)c(F)c1)[C@H](O)[C@@H](O)CO. The number of aliphatic hydroxyl groups is 6. The van der Waals surface area contributed by atoms with Crippen LogP contribution in [-0.4, -0.2) is 66.8 Å². The van der Waals surface area contributed by atoms with Gasteiger partial charge in [0.05, 0.1) is 6.61 Å². The molecule has 0 aromatic heterocycles. The molecule has 0 amide bonds. The molecule has 0 aliphatic rings. The van der Waals surface area contributed by atoms with Crippen molar-refractivity contribution in [3.05, 3.63) is 82.4 Å². The lowest BCUT2D eigenvalue weighted by Crippen LogP contribution is -2.66. The quantitative estimate of drug-likeness (QED) is 0.189. The summed E-state index contributed by atoms with van der Waals surface area (Å²) in [5, 5.41) is 63.6. The Morgan fingerprint density at radius 1 is 0.806 bits per heavy atom. The normalized spacial score (nSPS) is 17.7. The molecule has 0 spiro atoms. The van der Waals surface area contributed by atoms with Crippen LogP contribution in [0.3, 0.4) is 0 Å². The van der Waals surface area contributed by atoms with Gasteiger partial charge >= 0.3 is 0 Å². The smallest absolute Gasteiger partial charge is 0.129 e. The van der Waals surface area contributed by atoms with E-state index in [1.807, 2.05) is 0 Å². The maximum absolute atomic E-state index is 14.4. The lowest BCUT2D eigenvalue weighted by Gasteiger charge is -2.45. The van der Waals surface area contributed by atoms with Crippen LogP contribution in [0.15, 0.2) is 36.9 Å². The Morgan fingerprint density at radius 2 is 1.19 bits per heavy atom. The second-order valence-corrected chi connectivity index (χ2v) is 8.92. The Labute approximate surface area is 206 Å². The van der Waals surface area contributed by atoms with E-state index in [0.717, 1.165) is 30.3 Å². The third-order valence-corrected chi connectivity index (χ3v) is 6.45. The zero-order chi connectivity index (χ0) is 27.4. The van der Waals surface area contributed by atoms with E-state index in [4.69, 9.17) is 0 Å². The largest absolute Gasteiger partial charge is 0.394 e. The molecule has 1 unspecified atom stereocenters.